The van der Waals surface area contributed by atoms with Crippen molar-refractivity contribution in [1.82, 2.24) is 0 Å². The minimum Gasteiger partial charge on any atom is -0.312 e. The van der Waals surface area contributed by atoms with Crippen molar-refractivity contribution < 1.29 is 13.2 Å². The van der Waals surface area contributed by atoms with E-state index in [1.54, 1.807) is 12.1 Å². The molecule has 5 nitrogen and oxygen atoms in total. The summed E-state index contributed by atoms with van der Waals surface area (Å²) in [7, 11) is -3.65. The predicted octanol–water partition coefficient (Wildman–Crippen LogP) is 4.30. The summed E-state index contributed by atoms with van der Waals surface area (Å²) in [5, 5.41) is 0. The van der Waals surface area contributed by atoms with Gasteiger partial charge in [-0.3, -0.25) is 9.52 Å². The Kier molecular flexibility index (Phi) is 5.38. The summed E-state index contributed by atoms with van der Waals surface area (Å²) in [5.41, 5.74) is 4.86. The third-order valence-electron chi connectivity index (χ3n) is 5.71. The molecule has 0 saturated heterocycles. The molecule has 0 bridgehead atoms. The Morgan fingerprint density at radius 1 is 0.931 bits per heavy atom. The van der Waals surface area contributed by atoms with Crippen LogP contribution in [0.5, 0.6) is 0 Å². The Balaban J connectivity index is 1.59. The second-order valence-corrected chi connectivity index (χ2v) is 10.2. The van der Waals surface area contributed by atoms with Gasteiger partial charge in [0.2, 0.25) is 5.91 Å². The number of amides is 1. The highest BCUT2D eigenvalue weighted by Crippen LogP contribution is 2.32. The topological polar surface area (TPSA) is 66.5 Å². The van der Waals surface area contributed by atoms with E-state index in [2.05, 4.69) is 18.6 Å². The number of sulfonamides is 1. The molecule has 0 unspecified atom stereocenters. The quantitative estimate of drug-likeness (QED) is 0.796. The molecule has 0 saturated carbocycles. The van der Waals surface area contributed by atoms with Gasteiger partial charge in [-0.1, -0.05) is 19.9 Å². The van der Waals surface area contributed by atoms with E-state index in [-0.39, 0.29) is 5.91 Å². The van der Waals surface area contributed by atoms with Crippen LogP contribution < -0.4 is 9.62 Å². The molecule has 1 aliphatic carbocycles. The number of carbonyl (C=O) groups excluding carboxylic acids is 1. The van der Waals surface area contributed by atoms with Crippen LogP contribution in [0.25, 0.3) is 0 Å². The zero-order valence-electron chi connectivity index (χ0n) is 17.1. The molecule has 0 radical (unpaired) electrons. The number of rotatable bonds is 5. The molecule has 1 amide bonds. The molecule has 6 heteroatoms. The van der Waals surface area contributed by atoms with Crippen molar-refractivity contribution >= 4 is 27.3 Å². The molecule has 1 heterocycles. The van der Waals surface area contributed by atoms with Crippen LogP contribution in [0, 0.1) is 5.92 Å². The van der Waals surface area contributed by atoms with Gasteiger partial charge in [-0.25, -0.2) is 8.42 Å². The largest absolute Gasteiger partial charge is 0.312 e. The maximum absolute atomic E-state index is 12.9. The summed E-state index contributed by atoms with van der Waals surface area (Å²) in [4.78, 5) is 14.5. The van der Waals surface area contributed by atoms with E-state index < -0.39 is 10.0 Å². The average molecular weight is 413 g/mol. The molecule has 0 aromatic heterocycles. The third-order valence-corrected chi connectivity index (χ3v) is 7.09. The van der Waals surface area contributed by atoms with E-state index in [4.69, 9.17) is 0 Å². The molecule has 2 aromatic rings. The first-order valence-electron chi connectivity index (χ1n) is 10.4. The smallest absolute Gasteiger partial charge is 0.261 e. The Hall–Kier alpha value is -2.34. The molecule has 2 aromatic carbocycles. The second kappa shape index (κ2) is 7.82. The van der Waals surface area contributed by atoms with Crippen molar-refractivity contribution in [3.63, 3.8) is 0 Å². The number of hydrogen-bond acceptors (Lipinski definition) is 3. The fourth-order valence-electron chi connectivity index (χ4n) is 4.28. The van der Waals surface area contributed by atoms with Crippen LogP contribution in [-0.4, -0.2) is 20.9 Å². The zero-order valence-corrected chi connectivity index (χ0v) is 17.9. The minimum atomic E-state index is -3.65. The molecular formula is C23H28N2O3S. The van der Waals surface area contributed by atoms with E-state index in [0.717, 1.165) is 36.1 Å². The number of hydrogen-bond donors (Lipinski definition) is 1. The Morgan fingerprint density at radius 2 is 1.69 bits per heavy atom. The van der Waals surface area contributed by atoms with Crippen molar-refractivity contribution in [1.29, 1.82) is 0 Å². The van der Waals surface area contributed by atoms with Crippen LogP contribution in [0.1, 0.15) is 49.8 Å². The Morgan fingerprint density at radius 3 is 2.45 bits per heavy atom. The van der Waals surface area contributed by atoms with Crippen molar-refractivity contribution in [2.75, 3.05) is 16.2 Å². The van der Waals surface area contributed by atoms with E-state index in [9.17, 15) is 13.2 Å². The van der Waals surface area contributed by atoms with Crippen molar-refractivity contribution in [2.45, 2.75) is 57.3 Å². The standard InChI is InChI=1S/C23H28N2O3S/c1-16(2)15-25-22-11-9-20(13-19(22)8-12-23(25)26)24-29(27,28)21-10-7-17-5-3-4-6-18(17)14-21/h7,9-11,13-14,16,24H,3-6,8,12,15H2,1-2H3. The average Bonchev–Trinajstić information content (AvgIpc) is 2.69. The van der Waals surface area contributed by atoms with Crippen LogP contribution in [0.15, 0.2) is 41.3 Å². The lowest BCUT2D eigenvalue weighted by Crippen LogP contribution is -2.37. The maximum Gasteiger partial charge on any atom is 0.261 e. The summed E-state index contributed by atoms with van der Waals surface area (Å²) in [5.74, 6) is 0.501. The number of carbonyl (C=O) groups is 1. The highest BCUT2D eigenvalue weighted by molar-refractivity contribution is 7.92. The summed E-state index contributed by atoms with van der Waals surface area (Å²) in [6.45, 7) is 4.84. The van der Waals surface area contributed by atoms with Gasteiger partial charge in [-0.15, -0.1) is 0 Å². The lowest BCUT2D eigenvalue weighted by atomic mass is 9.92. The number of nitrogens with one attached hydrogen (secondary N) is 1. The molecular weight excluding hydrogens is 384 g/mol. The first kappa shape index (κ1) is 20.0. The second-order valence-electron chi connectivity index (χ2n) is 8.48. The fourth-order valence-corrected chi connectivity index (χ4v) is 5.38. The Bertz CT molecular complexity index is 1040. The van der Waals surface area contributed by atoms with E-state index >= 15 is 0 Å². The fraction of sp³-hybridized carbons (Fsp3) is 0.435. The molecule has 1 N–H and O–H groups in total. The van der Waals surface area contributed by atoms with Gasteiger partial charge in [0.05, 0.1) is 4.90 Å². The molecule has 0 atom stereocenters. The van der Waals surface area contributed by atoms with Gasteiger partial charge >= 0.3 is 0 Å². The third kappa shape index (κ3) is 4.17. The number of fused-ring (bicyclic) bond motifs is 2. The summed E-state index contributed by atoms with van der Waals surface area (Å²) >= 11 is 0. The summed E-state index contributed by atoms with van der Waals surface area (Å²) in [6.07, 6.45) is 5.35. The minimum absolute atomic E-state index is 0.133. The van der Waals surface area contributed by atoms with Gasteiger partial charge < -0.3 is 4.90 Å². The number of aryl methyl sites for hydroxylation is 3. The van der Waals surface area contributed by atoms with Crippen molar-refractivity contribution in [3.8, 4) is 0 Å². The van der Waals surface area contributed by atoms with E-state index in [1.165, 1.54) is 12.0 Å². The molecule has 0 spiro atoms. The molecule has 4 rings (SSSR count). The Labute approximate surface area is 173 Å². The molecule has 1 aliphatic heterocycles. The SMILES string of the molecule is CC(C)CN1C(=O)CCc2cc(NS(=O)(=O)c3ccc4c(c3)CCCC4)ccc21. The normalized spacial score (nSPS) is 16.5. The lowest BCUT2D eigenvalue weighted by molar-refractivity contribution is -0.119. The molecule has 154 valence electrons. The highest BCUT2D eigenvalue weighted by Gasteiger charge is 2.25. The molecule has 2 aliphatic rings. The van der Waals surface area contributed by atoms with Crippen molar-refractivity contribution in [3.05, 3.63) is 53.1 Å². The number of nitrogens with zero attached hydrogens (tertiary/aromatic N) is 1. The first-order chi connectivity index (χ1) is 13.8. The number of benzene rings is 2. The predicted molar refractivity (Wildman–Crippen MR) is 116 cm³/mol. The van der Waals surface area contributed by atoms with Crippen LogP contribution in [-0.2, 0) is 34.1 Å². The van der Waals surface area contributed by atoms with E-state index in [0.29, 0.717) is 35.9 Å². The van der Waals surface area contributed by atoms with Crippen molar-refractivity contribution in [2.24, 2.45) is 5.92 Å². The highest BCUT2D eigenvalue weighted by atomic mass is 32.2. The summed E-state index contributed by atoms with van der Waals surface area (Å²) < 4.78 is 28.6. The first-order valence-corrected chi connectivity index (χ1v) is 11.9. The van der Waals surface area contributed by atoms with Gasteiger partial charge in [0.15, 0.2) is 0 Å². The lowest BCUT2D eigenvalue weighted by Gasteiger charge is -2.31. The van der Waals surface area contributed by atoms with Gasteiger partial charge in [-0.05, 0) is 85.0 Å². The van der Waals surface area contributed by atoms with E-state index in [1.807, 2.05) is 29.2 Å². The zero-order chi connectivity index (χ0) is 20.6. The van der Waals surface area contributed by atoms with Crippen LogP contribution >= 0.6 is 0 Å². The summed E-state index contributed by atoms with van der Waals surface area (Å²) in [6, 6.07) is 10.9. The number of anilines is 2. The van der Waals surface area contributed by atoms with Crippen LogP contribution in [0.2, 0.25) is 0 Å². The molecule has 0 fully saturated rings. The van der Waals surface area contributed by atoms with Gasteiger partial charge in [0.1, 0.15) is 0 Å². The van der Waals surface area contributed by atoms with Gasteiger partial charge in [0, 0.05) is 24.3 Å². The molecule has 29 heavy (non-hydrogen) atoms. The van der Waals surface area contributed by atoms with Crippen LogP contribution in [0.3, 0.4) is 0 Å². The monoisotopic (exact) mass is 412 g/mol. The van der Waals surface area contributed by atoms with Crippen LogP contribution in [0.4, 0.5) is 11.4 Å². The maximum atomic E-state index is 12.9. The van der Waals surface area contributed by atoms with Gasteiger partial charge in [-0.2, -0.15) is 0 Å². The van der Waals surface area contributed by atoms with Gasteiger partial charge in [0.25, 0.3) is 10.0 Å².